The molecule has 0 saturated heterocycles. The Morgan fingerprint density at radius 1 is 0.955 bits per heavy atom. The standard InChI is InChI=1S/C18H20O4/c1-21-16-7-3-13(4-8-16)15(12-19)11-18(20)14-5-9-17(22-2)10-6-14/h3-10,15,19H,11-12H2,1-2H3. The van der Waals surface area contributed by atoms with Crippen molar-refractivity contribution in [1.82, 2.24) is 0 Å². The lowest BCUT2D eigenvalue weighted by molar-refractivity contribution is 0.0960. The highest BCUT2D eigenvalue weighted by Gasteiger charge is 2.16. The molecule has 0 spiro atoms. The Bertz CT molecular complexity index is 602. The molecular formula is C18H20O4. The van der Waals surface area contributed by atoms with Crippen LogP contribution in [-0.4, -0.2) is 31.7 Å². The molecule has 4 nitrogen and oxygen atoms in total. The van der Waals surface area contributed by atoms with Gasteiger partial charge in [-0.05, 0) is 42.0 Å². The average Bonchev–Trinajstić information content (AvgIpc) is 2.59. The molecule has 0 aliphatic rings. The quantitative estimate of drug-likeness (QED) is 0.799. The molecule has 0 fully saturated rings. The van der Waals surface area contributed by atoms with Gasteiger partial charge in [0.1, 0.15) is 11.5 Å². The highest BCUT2D eigenvalue weighted by atomic mass is 16.5. The zero-order valence-corrected chi connectivity index (χ0v) is 12.8. The van der Waals surface area contributed by atoms with Crippen molar-refractivity contribution < 1.29 is 19.4 Å². The minimum atomic E-state index is -0.222. The normalized spacial score (nSPS) is 11.8. The van der Waals surface area contributed by atoms with Crippen molar-refractivity contribution in [3.63, 3.8) is 0 Å². The van der Waals surface area contributed by atoms with Crippen molar-refractivity contribution in [2.75, 3.05) is 20.8 Å². The maximum absolute atomic E-state index is 12.3. The van der Waals surface area contributed by atoms with Gasteiger partial charge in [-0.25, -0.2) is 0 Å². The van der Waals surface area contributed by atoms with Gasteiger partial charge in [0.2, 0.25) is 0 Å². The van der Waals surface area contributed by atoms with E-state index >= 15 is 0 Å². The first kappa shape index (κ1) is 16.0. The lowest BCUT2D eigenvalue weighted by Crippen LogP contribution is -2.11. The number of ether oxygens (including phenoxy) is 2. The van der Waals surface area contributed by atoms with Crippen LogP contribution in [0.2, 0.25) is 0 Å². The van der Waals surface area contributed by atoms with Crippen LogP contribution >= 0.6 is 0 Å². The Hall–Kier alpha value is -2.33. The number of Topliss-reactive ketones (excluding diaryl/α,β-unsaturated/α-hetero) is 1. The summed E-state index contributed by atoms with van der Waals surface area (Å²) in [5, 5.41) is 9.58. The number of aliphatic hydroxyl groups excluding tert-OH is 1. The van der Waals surface area contributed by atoms with E-state index in [4.69, 9.17) is 9.47 Å². The van der Waals surface area contributed by atoms with Gasteiger partial charge in [0, 0.05) is 17.9 Å². The van der Waals surface area contributed by atoms with Crippen molar-refractivity contribution in [3.8, 4) is 11.5 Å². The van der Waals surface area contributed by atoms with E-state index < -0.39 is 0 Å². The Balaban J connectivity index is 2.09. The van der Waals surface area contributed by atoms with Crippen LogP contribution in [0.1, 0.15) is 28.3 Å². The third-order valence-electron chi connectivity index (χ3n) is 3.65. The molecule has 116 valence electrons. The fourth-order valence-corrected chi connectivity index (χ4v) is 2.28. The molecule has 1 unspecified atom stereocenters. The number of methoxy groups -OCH3 is 2. The summed E-state index contributed by atoms with van der Waals surface area (Å²) in [7, 11) is 3.19. The number of hydrogen-bond donors (Lipinski definition) is 1. The molecule has 0 bridgehead atoms. The molecule has 22 heavy (non-hydrogen) atoms. The molecule has 0 aliphatic carbocycles. The topological polar surface area (TPSA) is 55.8 Å². The number of benzene rings is 2. The molecule has 0 aliphatic heterocycles. The summed E-state index contributed by atoms with van der Waals surface area (Å²) in [5.41, 5.74) is 1.54. The van der Waals surface area contributed by atoms with Gasteiger partial charge in [0.25, 0.3) is 0 Å². The Morgan fingerprint density at radius 2 is 1.45 bits per heavy atom. The van der Waals surface area contributed by atoms with Crippen LogP contribution in [0.25, 0.3) is 0 Å². The first-order chi connectivity index (χ1) is 10.7. The summed E-state index contributed by atoms with van der Waals surface area (Å²) < 4.78 is 10.2. The fraction of sp³-hybridized carbons (Fsp3) is 0.278. The third kappa shape index (κ3) is 3.86. The number of ketones is 1. The van der Waals surface area contributed by atoms with Crippen molar-refractivity contribution in [2.24, 2.45) is 0 Å². The minimum Gasteiger partial charge on any atom is -0.497 e. The SMILES string of the molecule is COc1ccc(C(=O)CC(CO)c2ccc(OC)cc2)cc1. The first-order valence-corrected chi connectivity index (χ1v) is 7.10. The van der Waals surface area contributed by atoms with E-state index in [0.29, 0.717) is 11.3 Å². The van der Waals surface area contributed by atoms with Gasteiger partial charge in [0.15, 0.2) is 5.78 Å². The molecule has 2 rings (SSSR count). The summed E-state index contributed by atoms with van der Waals surface area (Å²) >= 11 is 0. The van der Waals surface area contributed by atoms with Crippen molar-refractivity contribution in [1.29, 1.82) is 0 Å². The highest BCUT2D eigenvalue weighted by molar-refractivity contribution is 5.96. The molecule has 2 aromatic rings. The second kappa shape index (κ2) is 7.61. The Morgan fingerprint density at radius 3 is 1.91 bits per heavy atom. The third-order valence-corrected chi connectivity index (χ3v) is 3.65. The second-order valence-electron chi connectivity index (χ2n) is 5.01. The van der Waals surface area contributed by atoms with Gasteiger partial charge in [0.05, 0.1) is 20.8 Å². The van der Waals surface area contributed by atoms with E-state index in [2.05, 4.69) is 0 Å². The van der Waals surface area contributed by atoms with Crippen LogP contribution in [0, 0.1) is 0 Å². The second-order valence-corrected chi connectivity index (χ2v) is 5.01. The molecule has 1 N–H and O–H groups in total. The van der Waals surface area contributed by atoms with Crippen LogP contribution in [0.4, 0.5) is 0 Å². The number of carbonyl (C=O) groups excluding carboxylic acids is 1. The first-order valence-electron chi connectivity index (χ1n) is 7.10. The average molecular weight is 300 g/mol. The maximum Gasteiger partial charge on any atom is 0.163 e. The lowest BCUT2D eigenvalue weighted by atomic mass is 9.92. The molecular weight excluding hydrogens is 280 g/mol. The van der Waals surface area contributed by atoms with E-state index in [9.17, 15) is 9.90 Å². The number of carbonyl (C=O) groups is 1. The Labute approximate surface area is 130 Å². The molecule has 0 saturated carbocycles. The summed E-state index contributed by atoms with van der Waals surface area (Å²) in [6, 6.07) is 14.4. The largest absolute Gasteiger partial charge is 0.497 e. The number of rotatable bonds is 7. The summed E-state index contributed by atoms with van der Waals surface area (Å²) in [4.78, 5) is 12.3. The van der Waals surface area contributed by atoms with Gasteiger partial charge in [-0.1, -0.05) is 12.1 Å². The van der Waals surface area contributed by atoms with E-state index in [0.717, 1.165) is 11.3 Å². The lowest BCUT2D eigenvalue weighted by Gasteiger charge is -2.14. The molecule has 4 heteroatoms. The molecule has 1 atom stereocenters. The zero-order chi connectivity index (χ0) is 15.9. The predicted octanol–water partition coefficient (Wildman–Crippen LogP) is 3.05. The van der Waals surface area contributed by atoms with Crippen LogP contribution in [-0.2, 0) is 0 Å². The molecule has 0 radical (unpaired) electrons. The van der Waals surface area contributed by atoms with Gasteiger partial charge < -0.3 is 14.6 Å². The van der Waals surface area contributed by atoms with Gasteiger partial charge in [-0.15, -0.1) is 0 Å². The van der Waals surface area contributed by atoms with Gasteiger partial charge >= 0.3 is 0 Å². The van der Waals surface area contributed by atoms with Crippen LogP contribution in [0.15, 0.2) is 48.5 Å². The summed E-state index contributed by atoms with van der Waals surface area (Å²) in [6.45, 7) is -0.0752. The van der Waals surface area contributed by atoms with Crippen molar-refractivity contribution in [3.05, 3.63) is 59.7 Å². The van der Waals surface area contributed by atoms with Crippen molar-refractivity contribution >= 4 is 5.78 Å². The van der Waals surface area contributed by atoms with E-state index in [1.54, 1.807) is 38.5 Å². The summed E-state index contributed by atoms with van der Waals surface area (Å²) in [5.74, 6) is 1.24. The highest BCUT2D eigenvalue weighted by Crippen LogP contribution is 2.24. The Kier molecular flexibility index (Phi) is 5.55. The van der Waals surface area contributed by atoms with Gasteiger partial charge in [-0.2, -0.15) is 0 Å². The van der Waals surface area contributed by atoms with Crippen LogP contribution in [0.5, 0.6) is 11.5 Å². The fourth-order valence-electron chi connectivity index (χ4n) is 2.28. The molecule has 0 heterocycles. The monoisotopic (exact) mass is 300 g/mol. The molecule has 0 aromatic heterocycles. The zero-order valence-electron chi connectivity index (χ0n) is 12.8. The van der Waals surface area contributed by atoms with Crippen LogP contribution in [0.3, 0.4) is 0 Å². The minimum absolute atomic E-state index is 0.00230. The smallest absolute Gasteiger partial charge is 0.163 e. The van der Waals surface area contributed by atoms with E-state index in [1.807, 2.05) is 24.3 Å². The number of aliphatic hydroxyl groups is 1. The predicted molar refractivity (Wildman–Crippen MR) is 84.8 cm³/mol. The van der Waals surface area contributed by atoms with Gasteiger partial charge in [-0.3, -0.25) is 4.79 Å². The van der Waals surface area contributed by atoms with E-state index in [-0.39, 0.29) is 24.7 Å². The van der Waals surface area contributed by atoms with Crippen LogP contribution < -0.4 is 9.47 Å². The maximum atomic E-state index is 12.3. The number of hydrogen-bond acceptors (Lipinski definition) is 4. The van der Waals surface area contributed by atoms with E-state index in [1.165, 1.54) is 0 Å². The molecule has 0 amide bonds. The molecule has 2 aromatic carbocycles. The van der Waals surface area contributed by atoms with Crippen molar-refractivity contribution in [2.45, 2.75) is 12.3 Å². The summed E-state index contributed by atoms with van der Waals surface area (Å²) in [6.07, 6.45) is 0.259.